The van der Waals surface area contributed by atoms with Crippen molar-refractivity contribution in [3.63, 3.8) is 0 Å². The molecule has 0 spiro atoms. The van der Waals surface area contributed by atoms with E-state index in [1.807, 2.05) is 6.92 Å². The lowest BCUT2D eigenvalue weighted by Gasteiger charge is -2.09. The van der Waals surface area contributed by atoms with Crippen LogP contribution in [-0.4, -0.2) is 19.1 Å². The molecule has 0 atom stereocenters. The van der Waals surface area contributed by atoms with Gasteiger partial charge in [0.15, 0.2) is 6.61 Å². The van der Waals surface area contributed by atoms with Gasteiger partial charge in [0.05, 0.1) is 12.2 Å². The first-order valence-electron chi connectivity index (χ1n) is 6.97. The minimum Gasteiger partial charge on any atom is -0.494 e. The summed E-state index contributed by atoms with van der Waals surface area (Å²) in [6.45, 7) is 2.19. The van der Waals surface area contributed by atoms with Crippen molar-refractivity contribution in [3.8, 4) is 17.6 Å². The Morgan fingerprint density at radius 3 is 2.48 bits per heavy atom. The van der Waals surface area contributed by atoms with E-state index in [2.05, 4.69) is 5.32 Å². The lowest BCUT2D eigenvalue weighted by molar-refractivity contribution is -0.118. The molecule has 0 heterocycles. The van der Waals surface area contributed by atoms with E-state index in [-0.39, 0.29) is 23.8 Å². The second-order valence-corrected chi connectivity index (χ2v) is 4.55. The van der Waals surface area contributed by atoms with Crippen LogP contribution in [0.5, 0.6) is 11.5 Å². The first-order valence-corrected chi connectivity index (χ1v) is 6.97. The summed E-state index contributed by atoms with van der Waals surface area (Å²) in [5.74, 6) is -0.158. The molecule has 0 aromatic heterocycles. The zero-order valence-electron chi connectivity index (χ0n) is 12.5. The highest BCUT2D eigenvalue weighted by atomic mass is 19.1. The van der Waals surface area contributed by atoms with Gasteiger partial charge in [0, 0.05) is 11.8 Å². The fraction of sp³-hybridized carbons (Fsp3) is 0.176. The third-order valence-electron chi connectivity index (χ3n) is 2.88. The molecule has 0 aliphatic heterocycles. The molecule has 0 fully saturated rings. The van der Waals surface area contributed by atoms with E-state index in [0.717, 1.165) is 11.8 Å². The summed E-state index contributed by atoms with van der Waals surface area (Å²) in [6, 6.07) is 12.4. The Morgan fingerprint density at radius 2 is 1.87 bits per heavy atom. The predicted molar refractivity (Wildman–Crippen MR) is 82.9 cm³/mol. The lowest BCUT2D eigenvalue weighted by atomic mass is 10.2. The number of carbonyl (C=O) groups excluding carboxylic acids is 1. The van der Waals surface area contributed by atoms with Crippen LogP contribution in [0.25, 0.3) is 0 Å². The average molecular weight is 314 g/mol. The number of amides is 1. The summed E-state index contributed by atoms with van der Waals surface area (Å²) in [5.41, 5.74) is 0.532. The third kappa shape index (κ3) is 4.71. The Bertz CT molecular complexity index is 724. The van der Waals surface area contributed by atoms with Crippen LogP contribution in [0.3, 0.4) is 0 Å². The fourth-order valence-electron chi connectivity index (χ4n) is 1.82. The van der Waals surface area contributed by atoms with Crippen LogP contribution >= 0.6 is 0 Å². The Hall–Kier alpha value is -3.07. The molecule has 1 N–H and O–H groups in total. The molecule has 0 radical (unpaired) electrons. The van der Waals surface area contributed by atoms with Gasteiger partial charge in [-0.1, -0.05) is 0 Å². The molecular formula is C17H15FN2O3. The van der Waals surface area contributed by atoms with Gasteiger partial charge in [-0.3, -0.25) is 4.79 Å². The molecule has 2 rings (SSSR count). The quantitative estimate of drug-likeness (QED) is 0.889. The first-order chi connectivity index (χ1) is 11.1. The summed E-state index contributed by atoms with van der Waals surface area (Å²) < 4.78 is 23.9. The summed E-state index contributed by atoms with van der Waals surface area (Å²) in [5, 5.41) is 11.3. The van der Waals surface area contributed by atoms with Gasteiger partial charge in [-0.05, 0) is 43.3 Å². The molecule has 2 aromatic carbocycles. The SMILES string of the molecule is CCOc1ccc(NC(=O)COc2ccc(C#N)c(F)c2)cc1. The van der Waals surface area contributed by atoms with E-state index in [9.17, 15) is 9.18 Å². The van der Waals surface area contributed by atoms with Crippen LogP contribution < -0.4 is 14.8 Å². The highest BCUT2D eigenvalue weighted by Gasteiger charge is 2.07. The number of carbonyl (C=O) groups is 1. The van der Waals surface area contributed by atoms with E-state index < -0.39 is 5.82 Å². The number of anilines is 1. The van der Waals surface area contributed by atoms with Crippen molar-refractivity contribution in [2.75, 3.05) is 18.5 Å². The van der Waals surface area contributed by atoms with E-state index in [1.54, 1.807) is 30.3 Å². The Balaban J connectivity index is 1.87. The Morgan fingerprint density at radius 1 is 1.17 bits per heavy atom. The molecule has 1 amide bonds. The smallest absolute Gasteiger partial charge is 0.262 e. The largest absolute Gasteiger partial charge is 0.494 e. The van der Waals surface area contributed by atoms with Gasteiger partial charge in [0.2, 0.25) is 0 Å². The van der Waals surface area contributed by atoms with E-state index in [0.29, 0.717) is 12.3 Å². The second-order valence-electron chi connectivity index (χ2n) is 4.55. The minimum absolute atomic E-state index is 0.0730. The van der Waals surface area contributed by atoms with Crippen LogP contribution in [0.2, 0.25) is 0 Å². The first kappa shape index (κ1) is 16.3. The maximum atomic E-state index is 13.4. The second kappa shape index (κ2) is 7.80. The molecule has 23 heavy (non-hydrogen) atoms. The molecule has 118 valence electrons. The zero-order valence-corrected chi connectivity index (χ0v) is 12.5. The molecule has 2 aromatic rings. The standard InChI is InChI=1S/C17H15FN2O3/c1-2-22-14-7-4-13(5-8-14)20-17(21)11-23-15-6-3-12(10-19)16(18)9-15/h3-9H,2,11H2,1H3,(H,20,21). The number of benzene rings is 2. The molecule has 0 saturated heterocycles. The van der Waals surface area contributed by atoms with Gasteiger partial charge in [-0.2, -0.15) is 5.26 Å². The van der Waals surface area contributed by atoms with Gasteiger partial charge in [0.1, 0.15) is 23.4 Å². The van der Waals surface area contributed by atoms with Gasteiger partial charge < -0.3 is 14.8 Å². The third-order valence-corrected chi connectivity index (χ3v) is 2.88. The Labute approximate surface area is 133 Å². The molecular weight excluding hydrogens is 299 g/mol. The number of nitrogens with one attached hydrogen (secondary N) is 1. The number of nitrogens with zero attached hydrogens (tertiary/aromatic N) is 1. The number of ether oxygens (including phenoxy) is 2. The highest BCUT2D eigenvalue weighted by molar-refractivity contribution is 5.91. The van der Waals surface area contributed by atoms with Crippen molar-refractivity contribution in [1.82, 2.24) is 0 Å². The number of hydrogen-bond donors (Lipinski definition) is 1. The molecule has 0 aliphatic rings. The molecule has 0 bridgehead atoms. The van der Waals surface area contributed by atoms with Crippen LogP contribution in [0.4, 0.5) is 10.1 Å². The van der Waals surface area contributed by atoms with Gasteiger partial charge >= 0.3 is 0 Å². The number of nitriles is 1. The van der Waals surface area contributed by atoms with Gasteiger partial charge in [-0.15, -0.1) is 0 Å². The van der Waals surface area contributed by atoms with Crippen molar-refractivity contribution in [2.45, 2.75) is 6.92 Å². The van der Waals surface area contributed by atoms with E-state index in [1.165, 1.54) is 12.1 Å². The van der Waals surface area contributed by atoms with E-state index >= 15 is 0 Å². The number of hydrogen-bond acceptors (Lipinski definition) is 4. The summed E-state index contributed by atoms with van der Waals surface area (Å²) in [7, 11) is 0. The summed E-state index contributed by atoms with van der Waals surface area (Å²) in [6.07, 6.45) is 0. The van der Waals surface area contributed by atoms with Crippen LogP contribution in [-0.2, 0) is 4.79 Å². The summed E-state index contributed by atoms with van der Waals surface area (Å²) in [4.78, 5) is 11.8. The molecule has 0 saturated carbocycles. The van der Waals surface area contributed by atoms with Gasteiger partial charge in [-0.25, -0.2) is 4.39 Å². The molecule has 5 nitrogen and oxygen atoms in total. The van der Waals surface area contributed by atoms with Crippen molar-refractivity contribution in [2.24, 2.45) is 0 Å². The molecule has 6 heteroatoms. The zero-order chi connectivity index (χ0) is 16.7. The lowest BCUT2D eigenvalue weighted by Crippen LogP contribution is -2.20. The van der Waals surface area contributed by atoms with Crippen LogP contribution in [0, 0.1) is 17.1 Å². The van der Waals surface area contributed by atoms with Crippen molar-refractivity contribution in [1.29, 1.82) is 5.26 Å². The number of halogens is 1. The fourth-order valence-corrected chi connectivity index (χ4v) is 1.82. The minimum atomic E-state index is -0.683. The topological polar surface area (TPSA) is 71.3 Å². The van der Waals surface area contributed by atoms with Crippen LogP contribution in [0.15, 0.2) is 42.5 Å². The monoisotopic (exact) mass is 314 g/mol. The summed E-state index contributed by atoms with van der Waals surface area (Å²) >= 11 is 0. The highest BCUT2D eigenvalue weighted by Crippen LogP contribution is 2.17. The normalized spacial score (nSPS) is 9.78. The van der Waals surface area contributed by atoms with E-state index in [4.69, 9.17) is 14.7 Å². The molecule has 0 unspecified atom stereocenters. The van der Waals surface area contributed by atoms with Gasteiger partial charge in [0.25, 0.3) is 5.91 Å². The van der Waals surface area contributed by atoms with Crippen molar-refractivity contribution >= 4 is 11.6 Å². The maximum absolute atomic E-state index is 13.4. The Kier molecular flexibility index (Phi) is 5.53. The molecule has 0 aliphatic carbocycles. The average Bonchev–Trinajstić information content (AvgIpc) is 2.55. The maximum Gasteiger partial charge on any atom is 0.262 e. The van der Waals surface area contributed by atoms with Crippen molar-refractivity contribution < 1.29 is 18.7 Å². The predicted octanol–water partition coefficient (Wildman–Crippen LogP) is 3.11. The van der Waals surface area contributed by atoms with Crippen LogP contribution in [0.1, 0.15) is 12.5 Å². The van der Waals surface area contributed by atoms with Crippen molar-refractivity contribution in [3.05, 3.63) is 53.8 Å². The number of rotatable bonds is 6.